The van der Waals surface area contributed by atoms with Crippen LogP contribution in [-0.4, -0.2) is 24.6 Å². The molecule has 0 saturated heterocycles. The zero-order valence-electron chi connectivity index (χ0n) is 16.4. The second-order valence-corrected chi connectivity index (χ2v) is 7.68. The smallest absolute Gasteiger partial charge is 0.262 e. The van der Waals surface area contributed by atoms with Gasteiger partial charge >= 0.3 is 0 Å². The molecule has 146 valence electrons. The summed E-state index contributed by atoms with van der Waals surface area (Å²) in [6.07, 6.45) is 0.0395. The van der Waals surface area contributed by atoms with Gasteiger partial charge in [-0.15, -0.1) is 0 Å². The zero-order valence-corrected chi connectivity index (χ0v) is 16.4. The number of amides is 1. The van der Waals surface area contributed by atoms with Crippen LogP contribution in [0.4, 0.5) is 0 Å². The van der Waals surface area contributed by atoms with Crippen molar-refractivity contribution < 1.29 is 9.53 Å². The fourth-order valence-corrected chi connectivity index (χ4v) is 4.26. The first-order valence-electron chi connectivity index (χ1n) is 9.90. The van der Waals surface area contributed by atoms with Crippen molar-refractivity contribution in [1.29, 1.82) is 0 Å². The molecule has 0 fully saturated rings. The van der Waals surface area contributed by atoms with Gasteiger partial charge in [0.05, 0.1) is 6.54 Å². The van der Waals surface area contributed by atoms with Crippen LogP contribution in [0.25, 0.3) is 0 Å². The standard InChI is InChI=1S/C24H20BN3O2/c25-18-11-12-20-19(13-18)24(14-21(30-20)17-9-5-2-6-10-17)22(29)28(23(26)27-24)15-16-7-3-1-4-8-16/h1-13,21H,14-15H2,(H2,26,27). The van der Waals surface area contributed by atoms with Crippen molar-refractivity contribution in [3.63, 3.8) is 0 Å². The summed E-state index contributed by atoms with van der Waals surface area (Å²) in [5, 5.41) is 0. The Hall–Kier alpha value is -3.54. The highest BCUT2D eigenvalue weighted by atomic mass is 16.5. The van der Waals surface area contributed by atoms with Gasteiger partial charge in [-0.25, -0.2) is 4.99 Å². The van der Waals surface area contributed by atoms with Crippen molar-refractivity contribution >= 4 is 25.2 Å². The summed E-state index contributed by atoms with van der Waals surface area (Å²) >= 11 is 0. The van der Waals surface area contributed by atoms with Crippen LogP contribution in [0.2, 0.25) is 0 Å². The minimum absolute atomic E-state index is 0.153. The van der Waals surface area contributed by atoms with E-state index in [9.17, 15) is 4.79 Å². The Balaban J connectivity index is 1.59. The van der Waals surface area contributed by atoms with E-state index < -0.39 is 5.54 Å². The summed E-state index contributed by atoms with van der Waals surface area (Å²) in [4.78, 5) is 20.1. The van der Waals surface area contributed by atoms with E-state index in [2.05, 4.69) is 0 Å². The summed E-state index contributed by atoms with van der Waals surface area (Å²) < 4.78 is 6.26. The number of carbonyl (C=O) groups excluding carboxylic acids is 1. The van der Waals surface area contributed by atoms with Crippen molar-refractivity contribution in [2.75, 3.05) is 0 Å². The van der Waals surface area contributed by atoms with Gasteiger partial charge in [-0.1, -0.05) is 78.3 Å². The fraction of sp³-hybridized carbons (Fsp3) is 0.167. The van der Waals surface area contributed by atoms with Gasteiger partial charge in [-0.05, 0) is 17.2 Å². The molecule has 2 aliphatic heterocycles. The lowest BCUT2D eigenvalue weighted by molar-refractivity contribution is -0.133. The second kappa shape index (κ2) is 7.06. The normalized spacial score (nSPS) is 22.5. The van der Waals surface area contributed by atoms with E-state index in [1.165, 1.54) is 0 Å². The number of nitrogens with two attached hydrogens (primary N) is 1. The summed E-state index contributed by atoms with van der Waals surface area (Å²) in [5.74, 6) is 0.668. The molecule has 1 amide bonds. The molecule has 2 unspecified atom stereocenters. The number of ether oxygens (including phenoxy) is 1. The largest absolute Gasteiger partial charge is 0.485 e. The molecule has 0 bridgehead atoms. The molecule has 1 spiro atoms. The number of hydrogen-bond acceptors (Lipinski definition) is 4. The average Bonchev–Trinajstić information content (AvgIpc) is 3.00. The second-order valence-electron chi connectivity index (χ2n) is 7.68. The van der Waals surface area contributed by atoms with Gasteiger partial charge in [0.25, 0.3) is 5.91 Å². The Labute approximate surface area is 176 Å². The Bertz CT molecular complexity index is 1130. The van der Waals surface area contributed by atoms with Gasteiger partial charge < -0.3 is 10.5 Å². The maximum Gasteiger partial charge on any atom is 0.262 e. The van der Waals surface area contributed by atoms with Crippen LogP contribution < -0.4 is 15.9 Å². The first kappa shape index (κ1) is 18.5. The summed E-state index contributed by atoms with van der Waals surface area (Å²) in [7, 11) is 6.06. The molecule has 0 aromatic heterocycles. The molecule has 3 aromatic rings. The maximum absolute atomic E-state index is 13.8. The Kier molecular flexibility index (Phi) is 4.35. The first-order valence-corrected chi connectivity index (χ1v) is 9.90. The van der Waals surface area contributed by atoms with E-state index in [4.69, 9.17) is 23.3 Å². The molecule has 3 aromatic carbocycles. The maximum atomic E-state index is 13.8. The molecule has 2 aliphatic rings. The van der Waals surface area contributed by atoms with E-state index in [1.54, 1.807) is 23.1 Å². The van der Waals surface area contributed by atoms with Crippen LogP contribution in [0.1, 0.15) is 29.2 Å². The zero-order chi connectivity index (χ0) is 20.7. The van der Waals surface area contributed by atoms with E-state index in [1.807, 2.05) is 60.7 Å². The van der Waals surface area contributed by atoms with Crippen molar-refractivity contribution in [3.8, 4) is 5.75 Å². The fourth-order valence-electron chi connectivity index (χ4n) is 4.26. The molecule has 6 heteroatoms. The number of guanidine groups is 1. The predicted molar refractivity (Wildman–Crippen MR) is 117 cm³/mol. The topological polar surface area (TPSA) is 67.9 Å². The minimum atomic E-state index is -1.15. The first-order chi connectivity index (χ1) is 14.6. The van der Waals surface area contributed by atoms with Crippen molar-refractivity contribution in [2.45, 2.75) is 24.6 Å². The van der Waals surface area contributed by atoms with Gasteiger partial charge in [0, 0.05) is 12.0 Å². The molecule has 30 heavy (non-hydrogen) atoms. The molecular weight excluding hydrogens is 373 g/mol. The Morgan fingerprint density at radius 1 is 1.07 bits per heavy atom. The van der Waals surface area contributed by atoms with E-state index >= 15 is 0 Å². The van der Waals surface area contributed by atoms with E-state index in [0.717, 1.165) is 11.1 Å². The third-order valence-corrected chi connectivity index (χ3v) is 5.74. The number of rotatable bonds is 3. The highest BCUT2D eigenvalue weighted by Gasteiger charge is 2.54. The number of carbonyl (C=O) groups is 1. The van der Waals surface area contributed by atoms with Crippen molar-refractivity contribution in [1.82, 2.24) is 4.90 Å². The number of benzene rings is 3. The van der Waals surface area contributed by atoms with Gasteiger partial charge in [0.1, 0.15) is 19.7 Å². The third kappa shape index (κ3) is 2.96. The van der Waals surface area contributed by atoms with Crippen LogP contribution in [0, 0.1) is 0 Å². The predicted octanol–water partition coefficient (Wildman–Crippen LogP) is 2.56. The van der Waals surface area contributed by atoms with Crippen LogP contribution in [-0.2, 0) is 16.9 Å². The Morgan fingerprint density at radius 2 is 1.77 bits per heavy atom. The van der Waals surface area contributed by atoms with Gasteiger partial charge in [-0.2, -0.15) is 0 Å². The highest BCUT2D eigenvalue weighted by molar-refractivity contribution is 6.32. The molecule has 2 radical (unpaired) electrons. The Morgan fingerprint density at radius 3 is 2.50 bits per heavy atom. The molecule has 2 N–H and O–H groups in total. The third-order valence-electron chi connectivity index (χ3n) is 5.74. The molecule has 2 atom stereocenters. The molecule has 0 saturated carbocycles. The van der Waals surface area contributed by atoms with Gasteiger partial charge in [0.15, 0.2) is 11.5 Å². The number of fused-ring (bicyclic) bond motifs is 2. The molecule has 2 heterocycles. The molecule has 5 rings (SSSR count). The van der Waals surface area contributed by atoms with Crippen LogP contribution in [0.5, 0.6) is 5.75 Å². The van der Waals surface area contributed by atoms with Crippen LogP contribution in [0.15, 0.2) is 83.9 Å². The number of aliphatic imine (C=N–C) groups is 1. The monoisotopic (exact) mass is 393 g/mol. The number of nitrogens with zero attached hydrogens (tertiary/aromatic N) is 2. The van der Waals surface area contributed by atoms with Crippen LogP contribution >= 0.6 is 0 Å². The highest BCUT2D eigenvalue weighted by Crippen LogP contribution is 2.49. The minimum Gasteiger partial charge on any atom is -0.485 e. The average molecular weight is 393 g/mol. The summed E-state index contributed by atoms with van der Waals surface area (Å²) in [6, 6.07) is 25.0. The van der Waals surface area contributed by atoms with Gasteiger partial charge in [0.2, 0.25) is 0 Å². The van der Waals surface area contributed by atoms with Crippen molar-refractivity contribution in [2.24, 2.45) is 10.7 Å². The molecule has 5 nitrogen and oxygen atoms in total. The molecular formula is C24H20BN3O2. The van der Waals surface area contributed by atoms with Gasteiger partial charge in [-0.3, -0.25) is 9.69 Å². The summed E-state index contributed by atoms with van der Waals surface area (Å²) in [5.41, 5.74) is 8.33. The van der Waals surface area contributed by atoms with Crippen molar-refractivity contribution in [3.05, 3.63) is 95.6 Å². The van der Waals surface area contributed by atoms with E-state index in [-0.39, 0.29) is 18.0 Å². The lowest BCUT2D eigenvalue weighted by Crippen LogP contribution is -2.45. The summed E-state index contributed by atoms with van der Waals surface area (Å²) in [6.45, 7) is 0.366. The lowest BCUT2D eigenvalue weighted by Gasteiger charge is -2.37. The van der Waals surface area contributed by atoms with Crippen LogP contribution in [0.3, 0.4) is 0 Å². The van der Waals surface area contributed by atoms with E-state index in [0.29, 0.717) is 29.7 Å². The SMILES string of the molecule is [B]c1ccc2c(c1)C1(CC(c3ccccc3)O2)N=C(N)N(Cc2ccccc2)C1=O. The quantitative estimate of drug-likeness (QED) is 0.696. The lowest BCUT2D eigenvalue weighted by atomic mass is 9.78. The number of hydrogen-bond donors (Lipinski definition) is 1. The molecule has 0 aliphatic carbocycles.